The zero-order valence-electron chi connectivity index (χ0n) is 8.93. The van der Waals surface area contributed by atoms with Gasteiger partial charge in [-0.25, -0.2) is 4.39 Å². The molecule has 1 N–H and O–H groups in total. The number of halogens is 1. The van der Waals surface area contributed by atoms with Crippen molar-refractivity contribution in [3.8, 4) is 11.5 Å². The summed E-state index contributed by atoms with van der Waals surface area (Å²) in [6, 6.07) is 1.25. The highest BCUT2D eigenvalue weighted by Gasteiger charge is 2.17. The van der Waals surface area contributed by atoms with Gasteiger partial charge in [-0.05, 0) is 25.5 Å². The lowest BCUT2D eigenvalue weighted by Gasteiger charge is -2.11. The fourth-order valence-corrected chi connectivity index (χ4v) is 1.45. The van der Waals surface area contributed by atoms with Crippen LogP contribution in [0.25, 0.3) is 0 Å². The molecule has 3 nitrogen and oxygen atoms in total. The molecular formula is C11H13FO3. The Hall–Kier alpha value is -1.58. The normalized spacial score (nSPS) is 10.1. The van der Waals surface area contributed by atoms with Gasteiger partial charge in [-0.1, -0.05) is 0 Å². The van der Waals surface area contributed by atoms with Gasteiger partial charge < -0.3 is 9.84 Å². The number of Topliss-reactive ketones (excluding diaryl/α,β-unsaturated/α-hetero) is 1. The molecule has 0 spiro atoms. The lowest BCUT2D eigenvalue weighted by atomic mass is 10.0. The van der Waals surface area contributed by atoms with Crippen molar-refractivity contribution in [2.24, 2.45) is 0 Å². The van der Waals surface area contributed by atoms with E-state index in [0.717, 1.165) is 0 Å². The third-order valence-electron chi connectivity index (χ3n) is 2.17. The first-order valence-corrected chi connectivity index (χ1v) is 4.51. The average molecular weight is 212 g/mol. The van der Waals surface area contributed by atoms with Gasteiger partial charge in [-0.15, -0.1) is 0 Å². The SMILES string of the molecule is COc1c(F)cc(C)c(CC(C)=O)c1O. The van der Waals surface area contributed by atoms with Crippen molar-refractivity contribution in [2.45, 2.75) is 20.3 Å². The summed E-state index contributed by atoms with van der Waals surface area (Å²) in [5.74, 6) is -1.22. The molecule has 4 heteroatoms. The molecule has 82 valence electrons. The summed E-state index contributed by atoms with van der Waals surface area (Å²) in [5.41, 5.74) is 0.960. The van der Waals surface area contributed by atoms with Crippen molar-refractivity contribution in [2.75, 3.05) is 7.11 Å². The van der Waals surface area contributed by atoms with Crippen molar-refractivity contribution in [1.29, 1.82) is 0 Å². The van der Waals surface area contributed by atoms with Crippen LogP contribution in [0.2, 0.25) is 0 Å². The molecule has 1 aromatic rings. The Morgan fingerprint density at radius 2 is 2.20 bits per heavy atom. The van der Waals surface area contributed by atoms with Crippen molar-refractivity contribution in [3.05, 3.63) is 23.0 Å². The van der Waals surface area contributed by atoms with E-state index >= 15 is 0 Å². The number of carbonyl (C=O) groups excluding carboxylic acids is 1. The van der Waals surface area contributed by atoms with E-state index in [2.05, 4.69) is 0 Å². The summed E-state index contributed by atoms with van der Waals surface area (Å²) in [5, 5.41) is 9.68. The molecule has 0 bridgehead atoms. The first-order chi connectivity index (χ1) is 6.97. The Morgan fingerprint density at radius 1 is 1.60 bits per heavy atom. The van der Waals surface area contributed by atoms with Gasteiger partial charge in [0.25, 0.3) is 0 Å². The van der Waals surface area contributed by atoms with Gasteiger partial charge >= 0.3 is 0 Å². The van der Waals surface area contributed by atoms with Crippen LogP contribution in [0.5, 0.6) is 11.5 Å². The van der Waals surface area contributed by atoms with Crippen LogP contribution in [0.4, 0.5) is 4.39 Å². The Kier molecular flexibility index (Phi) is 3.29. The minimum Gasteiger partial charge on any atom is -0.504 e. The second kappa shape index (κ2) is 4.29. The van der Waals surface area contributed by atoms with Crippen molar-refractivity contribution < 1.29 is 19.0 Å². The van der Waals surface area contributed by atoms with Crippen LogP contribution in [-0.2, 0) is 11.2 Å². The van der Waals surface area contributed by atoms with Crippen LogP contribution < -0.4 is 4.74 Å². The molecular weight excluding hydrogens is 199 g/mol. The van der Waals surface area contributed by atoms with E-state index in [4.69, 9.17) is 4.74 Å². The summed E-state index contributed by atoms with van der Waals surface area (Å²) in [6.07, 6.45) is 0.0777. The van der Waals surface area contributed by atoms with Gasteiger partial charge in [-0.2, -0.15) is 0 Å². The van der Waals surface area contributed by atoms with Crippen molar-refractivity contribution >= 4 is 5.78 Å². The van der Waals surface area contributed by atoms with Gasteiger partial charge in [0.1, 0.15) is 5.78 Å². The number of phenols is 1. The molecule has 0 aliphatic rings. The van der Waals surface area contributed by atoms with E-state index in [0.29, 0.717) is 11.1 Å². The molecule has 0 fully saturated rings. The summed E-state index contributed by atoms with van der Waals surface area (Å²) in [4.78, 5) is 11.0. The number of hydrogen-bond acceptors (Lipinski definition) is 3. The Labute approximate surface area is 87.5 Å². The van der Waals surface area contributed by atoms with E-state index in [1.54, 1.807) is 6.92 Å². The summed E-state index contributed by atoms with van der Waals surface area (Å²) < 4.78 is 18.0. The molecule has 0 saturated heterocycles. The number of carbonyl (C=O) groups is 1. The van der Waals surface area contributed by atoms with Crippen LogP contribution in [0, 0.1) is 12.7 Å². The lowest BCUT2D eigenvalue weighted by molar-refractivity contribution is -0.116. The molecule has 0 heterocycles. The second-order valence-corrected chi connectivity index (χ2v) is 3.41. The quantitative estimate of drug-likeness (QED) is 0.833. The number of ether oxygens (including phenoxy) is 1. The molecule has 0 saturated carbocycles. The van der Waals surface area contributed by atoms with Gasteiger partial charge in [0.15, 0.2) is 17.3 Å². The molecule has 15 heavy (non-hydrogen) atoms. The predicted octanol–water partition coefficient (Wildman–Crippen LogP) is 1.98. The smallest absolute Gasteiger partial charge is 0.196 e. The number of aromatic hydroxyl groups is 1. The van der Waals surface area contributed by atoms with Crippen LogP contribution in [0.1, 0.15) is 18.1 Å². The monoisotopic (exact) mass is 212 g/mol. The fourth-order valence-electron chi connectivity index (χ4n) is 1.45. The Balaban J connectivity index is 3.32. The van der Waals surface area contributed by atoms with E-state index in [-0.39, 0.29) is 23.7 Å². The van der Waals surface area contributed by atoms with E-state index in [9.17, 15) is 14.3 Å². The summed E-state index contributed by atoms with van der Waals surface area (Å²) in [6.45, 7) is 3.05. The zero-order valence-corrected chi connectivity index (χ0v) is 8.93. The molecule has 0 atom stereocenters. The number of rotatable bonds is 3. The lowest BCUT2D eigenvalue weighted by Crippen LogP contribution is -2.02. The molecule has 0 radical (unpaired) electrons. The first-order valence-electron chi connectivity index (χ1n) is 4.51. The average Bonchev–Trinajstić information content (AvgIpc) is 2.12. The van der Waals surface area contributed by atoms with Crippen molar-refractivity contribution in [1.82, 2.24) is 0 Å². The van der Waals surface area contributed by atoms with Crippen LogP contribution in [-0.4, -0.2) is 18.0 Å². The number of hydrogen-bond donors (Lipinski definition) is 1. The van der Waals surface area contributed by atoms with Gasteiger partial charge in [0, 0.05) is 12.0 Å². The summed E-state index contributed by atoms with van der Waals surface area (Å²) >= 11 is 0. The van der Waals surface area contributed by atoms with E-state index < -0.39 is 5.82 Å². The molecule has 1 aromatic carbocycles. The maximum Gasteiger partial charge on any atom is 0.196 e. The van der Waals surface area contributed by atoms with Crippen LogP contribution >= 0.6 is 0 Å². The standard InChI is InChI=1S/C11H13FO3/c1-6-4-9(12)11(15-3)10(14)8(6)5-7(2)13/h4,14H,5H2,1-3H3. The number of methoxy groups -OCH3 is 1. The van der Waals surface area contributed by atoms with Gasteiger partial charge in [0.05, 0.1) is 7.11 Å². The van der Waals surface area contributed by atoms with Crippen LogP contribution in [0.3, 0.4) is 0 Å². The third kappa shape index (κ3) is 2.26. The number of ketones is 1. The molecule has 0 aromatic heterocycles. The zero-order chi connectivity index (χ0) is 11.6. The number of phenolic OH excluding ortho intramolecular Hbond substituents is 1. The Bertz CT molecular complexity index is 399. The fraction of sp³-hybridized carbons (Fsp3) is 0.364. The van der Waals surface area contributed by atoms with Gasteiger partial charge in [-0.3, -0.25) is 4.79 Å². The molecule has 0 amide bonds. The number of aryl methyl sites for hydroxylation is 1. The molecule has 0 aliphatic carbocycles. The third-order valence-corrected chi connectivity index (χ3v) is 2.17. The minimum absolute atomic E-state index is 0.0777. The first kappa shape index (κ1) is 11.5. The van der Waals surface area contributed by atoms with Crippen LogP contribution in [0.15, 0.2) is 6.07 Å². The maximum absolute atomic E-state index is 13.3. The van der Waals surface area contributed by atoms with E-state index in [1.807, 2.05) is 0 Å². The van der Waals surface area contributed by atoms with Crippen molar-refractivity contribution in [3.63, 3.8) is 0 Å². The van der Waals surface area contributed by atoms with Gasteiger partial charge in [0.2, 0.25) is 0 Å². The largest absolute Gasteiger partial charge is 0.504 e. The minimum atomic E-state index is -0.625. The second-order valence-electron chi connectivity index (χ2n) is 3.41. The Morgan fingerprint density at radius 3 is 2.67 bits per heavy atom. The van der Waals surface area contributed by atoms with E-state index in [1.165, 1.54) is 20.1 Å². The highest BCUT2D eigenvalue weighted by molar-refractivity contribution is 5.79. The number of benzene rings is 1. The summed E-state index contributed by atoms with van der Waals surface area (Å²) in [7, 11) is 1.27. The molecule has 1 rings (SSSR count). The maximum atomic E-state index is 13.3. The topological polar surface area (TPSA) is 46.5 Å². The molecule has 0 aliphatic heterocycles. The predicted molar refractivity (Wildman–Crippen MR) is 53.7 cm³/mol. The highest BCUT2D eigenvalue weighted by Crippen LogP contribution is 2.35. The molecule has 0 unspecified atom stereocenters. The highest BCUT2D eigenvalue weighted by atomic mass is 19.1.